The summed E-state index contributed by atoms with van der Waals surface area (Å²) in [5.41, 5.74) is 0. The lowest BCUT2D eigenvalue weighted by atomic mass is 10.0. The minimum Gasteiger partial charge on any atom is -0.301 e. The Morgan fingerprint density at radius 3 is 2.19 bits per heavy atom. The summed E-state index contributed by atoms with van der Waals surface area (Å²) in [7, 11) is 0. The van der Waals surface area contributed by atoms with Gasteiger partial charge in [-0.1, -0.05) is 39.5 Å². The van der Waals surface area contributed by atoms with E-state index in [1.165, 1.54) is 0 Å². The topological polar surface area (TPSA) is 23.6 Å². The van der Waals surface area contributed by atoms with Crippen LogP contribution in [0.25, 0.3) is 0 Å². The van der Waals surface area contributed by atoms with Gasteiger partial charge in [-0.2, -0.15) is 0 Å². The van der Waals surface area contributed by atoms with E-state index in [2.05, 4.69) is 35.5 Å². The van der Waals surface area contributed by atoms with Crippen LogP contribution in [0.4, 0.5) is 0 Å². The highest BCUT2D eigenvalue weighted by Crippen LogP contribution is 2.07. The number of unbranched alkanes of at least 4 members (excludes halogenated alkanes) is 1. The summed E-state index contributed by atoms with van der Waals surface area (Å²) < 4.78 is 0. The number of hydrogen-bond donors (Lipinski definition) is 0. The molecule has 0 atom stereocenters. The third-order valence-corrected chi connectivity index (χ3v) is 3.95. The lowest BCUT2D eigenvalue weighted by Gasteiger charge is -2.33. The van der Waals surface area contributed by atoms with Gasteiger partial charge in [-0.05, 0) is 19.4 Å². The SMILES string of the molecule is CC(C)C#CCN1CCN(CCCCC(=O)C(C)C)CC1. The van der Waals surface area contributed by atoms with Crippen LogP contribution in [0, 0.1) is 23.7 Å². The van der Waals surface area contributed by atoms with Crippen molar-refractivity contribution in [2.24, 2.45) is 11.8 Å². The van der Waals surface area contributed by atoms with Gasteiger partial charge in [0, 0.05) is 44.4 Å². The standard InChI is InChI=1S/C18H32N2O/c1-16(2)8-7-11-20-14-12-19(13-15-20)10-6-5-9-18(21)17(3)4/h16-17H,5-6,9-15H2,1-4H3. The zero-order valence-corrected chi connectivity index (χ0v) is 14.3. The molecule has 21 heavy (non-hydrogen) atoms. The van der Waals surface area contributed by atoms with Crippen LogP contribution < -0.4 is 0 Å². The Labute approximate surface area is 131 Å². The zero-order valence-electron chi connectivity index (χ0n) is 14.3. The molecule has 0 aromatic heterocycles. The highest BCUT2D eigenvalue weighted by atomic mass is 16.1. The van der Waals surface area contributed by atoms with E-state index in [1.54, 1.807) is 0 Å². The first-order chi connectivity index (χ1) is 9.99. The van der Waals surface area contributed by atoms with Crippen molar-refractivity contribution in [2.75, 3.05) is 39.3 Å². The molecule has 0 spiro atoms. The first-order valence-corrected chi connectivity index (χ1v) is 8.45. The molecule has 0 aromatic rings. The Bertz CT molecular complexity index is 357. The van der Waals surface area contributed by atoms with Crippen molar-refractivity contribution < 1.29 is 4.79 Å². The van der Waals surface area contributed by atoms with Crippen LogP contribution in [-0.4, -0.2) is 54.9 Å². The number of nitrogens with zero attached hydrogens (tertiary/aromatic N) is 2. The van der Waals surface area contributed by atoms with Gasteiger partial charge < -0.3 is 4.90 Å². The Kier molecular flexibility index (Phi) is 8.64. The second-order valence-electron chi connectivity index (χ2n) is 6.67. The highest BCUT2D eigenvalue weighted by molar-refractivity contribution is 5.80. The molecule has 0 radical (unpaired) electrons. The average molecular weight is 292 g/mol. The van der Waals surface area contributed by atoms with Crippen LogP contribution in [-0.2, 0) is 4.79 Å². The van der Waals surface area contributed by atoms with Crippen molar-refractivity contribution in [3.63, 3.8) is 0 Å². The van der Waals surface area contributed by atoms with Gasteiger partial charge >= 0.3 is 0 Å². The molecule has 0 saturated carbocycles. The van der Waals surface area contributed by atoms with Crippen molar-refractivity contribution in [1.82, 2.24) is 9.80 Å². The number of hydrogen-bond acceptors (Lipinski definition) is 3. The monoisotopic (exact) mass is 292 g/mol. The van der Waals surface area contributed by atoms with Crippen molar-refractivity contribution in [3.8, 4) is 11.8 Å². The zero-order chi connectivity index (χ0) is 15.7. The van der Waals surface area contributed by atoms with Crippen LogP contribution in [0.5, 0.6) is 0 Å². The minimum absolute atomic E-state index is 0.195. The molecule has 1 rings (SSSR count). The maximum Gasteiger partial charge on any atom is 0.135 e. The van der Waals surface area contributed by atoms with Crippen LogP contribution in [0.15, 0.2) is 0 Å². The molecule has 1 heterocycles. The van der Waals surface area contributed by atoms with Crippen molar-refractivity contribution >= 4 is 5.78 Å². The molecule has 1 saturated heterocycles. The minimum atomic E-state index is 0.195. The van der Waals surface area contributed by atoms with Gasteiger partial charge in [-0.3, -0.25) is 9.69 Å². The summed E-state index contributed by atoms with van der Waals surface area (Å²) in [6.07, 6.45) is 2.94. The van der Waals surface area contributed by atoms with E-state index in [4.69, 9.17) is 0 Å². The third kappa shape index (κ3) is 8.24. The molecule has 1 aliphatic rings. The van der Waals surface area contributed by atoms with Gasteiger partial charge in [0.2, 0.25) is 0 Å². The van der Waals surface area contributed by atoms with Crippen molar-refractivity contribution in [3.05, 3.63) is 0 Å². The number of carbonyl (C=O) groups excluding carboxylic acids is 1. The maximum atomic E-state index is 11.6. The van der Waals surface area contributed by atoms with Gasteiger partial charge in [0.1, 0.15) is 5.78 Å². The normalized spacial score (nSPS) is 17.0. The average Bonchev–Trinajstić information content (AvgIpc) is 2.44. The third-order valence-electron chi connectivity index (χ3n) is 3.95. The number of ketones is 1. The van der Waals surface area contributed by atoms with Crippen LogP contribution in [0.3, 0.4) is 0 Å². The summed E-state index contributed by atoms with van der Waals surface area (Å²) in [4.78, 5) is 16.5. The summed E-state index contributed by atoms with van der Waals surface area (Å²) in [5.74, 6) is 7.57. The Morgan fingerprint density at radius 2 is 1.62 bits per heavy atom. The van der Waals surface area contributed by atoms with E-state index in [0.29, 0.717) is 11.7 Å². The van der Waals surface area contributed by atoms with Gasteiger partial charge in [0.25, 0.3) is 0 Å². The largest absolute Gasteiger partial charge is 0.301 e. The smallest absolute Gasteiger partial charge is 0.135 e. The van der Waals surface area contributed by atoms with E-state index >= 15 is 0 Å². The number of rotatable bonds is 7. The van der Waals surface area contributed by atoms with Crippen molar-refractivity contribution in [1.29, 1.82) is 0 Å². The van der Waals surface area contributed by atoms with Crippen LogP contribution >= 0.6 is 0 Å². The molecule has 0 aromatic carbocycles. The molecular formula is C18H32N2O. The molecular weight excluding hydrogens is 260 g/mol. The molecule has 3 heteroatoms. The fraction of sp³-hybridized carbons (Fsp3) is 0.833. The molecule has 1 fully saturated rings. The molecule has 0 N–H and O–H groups in total. The highest BCUT2D eigenvalue weighted by Gasteiger charge is 2.15. The number of piperazine rings is 1. The summed E-state index contributed by atoms with van der Waals surface area (Å²) in [6.45, 7) is 14.8. The van der Waals surface area contributed by atoms with Crippen LogP contribution in [0.2, 0.25) is 0 Å². The quantitative estimate of drug-likeness (QED) is 0.532. The molecule has 0 unspecified atom stereocenters. The summed E-state index contributed by atoms with van der Waals surface area (Å²) >= 11 is 0. The lowest BCUT2D eigenvalue weighted by molar-refractivity contribution is -0.122. The summed E-state index contributed by atoms with van der Waals surface area (Å²) in [5, 5.41) is 0. The van der Waals surface area contributed by atoms with E-state index in [9.17, 15) is 4.79 Å². The first kappa shape index (κ1) is 18.2. The van der Waals surface area contributed by atoms with Gasteiger partial charge in [0.05, 0.1) is 6.54 Å². The van der Waals surface area contributed by atoms with Gasteiger partial charge in [-0.15, -0.1) is 0 Å². The second kappa shape index (κ2) is 9.97. The van der Waals surface area contributed by atoms with Gasteiger partial charge in [0.15, 0.2) is 0 Å². The molecule has 0 bridgehead atoms. The predicted octanol–water partition coefficient (Wildman–Crippen LogP) is 2.66. The molecule has 120 valence electrons. The first-order valence-electron chi connectivity index (χ1n) is 8.45. The predicted molar refractivity (Wildman–Crippen MR) is 89.2 cm³/mol. The molecule has 3 nitrogen and oxygen atoms in total. The Morgan fingerprint density at radius 1 is 1.00 bits per heavy atom. The lowest BCUT2D eigenvalue weighted by Crippen LogP contribution is -2.46. The van der Waals surface area contributed by atoms with E-state index in [1.807, 2.05) is 13.8 Å². The number of carbonyl (C=O) groups is 1. The maximum absolute atomic E-state index is 11.6. The Hall–Kier alpha value is -0.850. The molecule has 0 amide bonds. The van der Waals surface area contributed by atoms with Crippen LogP contribution in [0.1, 0.15) is 47.0 Å². The Balaban J connectivity index is 2.08. The fourth-order valence-corrected chi connectivity index (χ4v) is 2.46. The van der Waals surface area contributed by atoms with E-state index < -0.39 is 0 Å². The number of Topliss-reactive ketones (excluding diaryl/α,β-unsaturated/α-hetero) is 1. The molecule has 1 aliphatic heterocycles. The fourth-order valence-electron chi connectivity index (χ4n) is 2.46. The van der Waals surface area contributed by atoms with E-state index in [-0.39, 0.29) is 5.92 Å². The summed E-state index contributed by atoms with van der Waals surface area (Å²) in [6, 6.07) is 0. The van der Waals surface area contributed by atoms with Crippen molar-refractivity contribution in [2.45, 2.75) is 47.0 Å². The van der Waals surface area contributed by atoms with Gasteiger partial charge in [-0.25, -0.2) is 0 Å². The second-order valence-corrected chi connectivity index (χ2v) is 6.67. The van der Waals surface area contributed by atoms with E-state index in [0.717, 1.165) is 58.5 Å². The molecule has 0 aliphatic carbocycles.